The molecule has 150 valence electrons. The lowest BCUT2D eigenvalue weighted by molar-refractivity contribution is -0.659. The quantitative estimate of drug-likeness (QED) is 0.321. The SMILES string of the molecule is Cc1cc2c(cc1-c1c3ccc(C(C)C)cc3cc[n+]1C)C(C)(C)c1ccccc1-2. The van der Waals surface area contributed by atoms with Gasteiger partial charge >= 0.3 is 0 Å². The number of nitrogens with zero attached hydrogens (tertiary/aromatic N) is 1. The van der Waals surface area contributed by atoms with Crippen LogP contribution < -0.4 is 4.57 Å². The van der Waals surface area contributed by atoms with Gasteiger partial charge in [0.05, 0.1) is 10.9 Å². The number of pyridine rings is 1. The van der Waals surface area contributed by atoms with Crippen LogP contribution in [0.3, 0.4) is 0 Å². The predicted octanol–water partition coefficient (Wildman–Crippen LogP) is 7.07. The molecule has 30 heavy (non-hydrogen) atoms. The first-order chi connectivity index (χ1) is 14.3. The van der Waals surface area contributed by atoms with Crippen LogP contribution in [0.1, 0.15) is 55.9 Å². The summed E-state index contributed by atoms with van der Waals surface area (Å²) >= 11 is 0. The minimum Gasteiger partial charge on any atom is -0.200 e. The van der Waals surface area contributed by atoms with Crippen molar-refractivity contribution < 1.29 is 4.57 Å². The van der Waals surface area contributed by atoms with Gasteiger partial charge in [0.25, 0.3) is 0 Å². The van der Waals surface area contributed by atoms with E-state index in [1.54, 1.807) is 0 Å². The van der Waals surface area contributed by atoms with Gasteiger partial charge in [-0.15, -0.1) is 0 Å². The number of aryl methyl sites for hydroxylation is 2. The highest BCUT2D eigenvalue weighted by atomic mass is 14.9. The lowest BCUT2D eigenvalue weighted by Gasteiger charge is -2.22. The molecule has 1 nitrogen and oxygen atoms in total. The summed E-state index contributed by atoms with van der Waals surface area (Å²) < 4.78 is 2.28. The molecule has 1 aromatic heterocycles. The Morgan fingerprint density at radius 1 is 0.800 bits per heavy atom. The Morgan fingerprint density at radius 3 is 2.33 bits per heavy atom. The molecule has 4 aromatic rings. The number of rotatable bonds is 2. The van der Waals surface area contributed by atoms with Crippen LogP contribution in [0.2, 0.25) is 0 Å². The summed E-state index contributed by atoms with van der Waals surface area (Å²) in [5, 5.41) is 2.64. The molecule has 5 rings (SSSR count). The van der Waals surface area contributed by atoms with E-state index in [1.165, 1.54) is 55.4 Å². The molecule has 1 aliphatic carbocycles. The number of fused-ring (bicyclic) bond motifs is 4. The number of hydrogen-bond acceptors (Lipinski definition) is 0. The second-order valence-electron chi connectivity index (χ2n) is 9.66. The van der Waals surface area contributed by atoms with E-state index in [0.29, 0.717) is 5.92 Å². The van der Waals surface area contributed by atoms with Crippen LogP contribution in [0, 0.1) is 6.92 Å². The maximum Gasteiger partial charge on any atom is 0.220 e. The van der Waals surface area contributed by atoms with Gasteiger partial charge in [-0.1, -0.05) is 70.2 Å². The summed E-state index contributed by atoms with van der Waals surface area (Å²) in [6, 6.07) is 22.9. The van der Waals surface area contributed by atoms with Crippen molar-refractivity contribution >= 4 is 10.8 Å². The Labute approximate surface area is 180 Å². The maximum atomic E-state index is 2.45. The predicted molar refractivity (Wildman–Crippen MR) is 127 cm³/mol. The summed E-state index contributed by atoms with van der Waals surface area (Å²) in [6.45, 7) is 11.5. The first-order valence-electron chi connectivity index (χ1n) is 11.0. The van der Waals surface area contributed by atoms with Gasteiger partial charge in [-0.05, 0) is 63.7 Å². The zero-order valence-electron chi connectivity index (χ0n) is 18.9. The van der Waals surface area contributed by atoms with E-state index in [9.17, 15) is 0 Å². The second kappa shape index (κ2) is 6.54. The van der Waals surface area contributed by atoms with Crippen molar-refractivity contribution in [1.29, 1.82) is 0 Å². The van der Waals surface area contributed by atoms with Crippen LogP contribution in [-0.2, 0) is 12.5 Å². The van der Waals surface area contributed by atoms with Gasteiger partial charge in [-0.25, -0.2) is 4.57 Å². The molecular formula is C29H30N+. The lowest BCUT2D eigenvalue weighted by atomic mass is 9.81. The van der Waals surface area contributed by atoms with Gasteiger partial charge < -0.3 is 0 Å². The molecule has 0 atom stereocenters. The van der Waals surface area contributed by atoms with Crippen LogP contribution >= 0.6 is 0 Å². The van der Waals surface area contributed by atoms with Gasteiger partial charge in [-0.2, -0.15) is 0 Å². The zero-order chi connectivity index (χ0) is 21.2. The molecule has 0 fully saturated rings. The highest BCUT2D eigenvalue weighted by Gasteiger charge is 2.36. The number of benzene rings is 3. The first kappa shape index (κ1) is 19.1. The molecule has 0 aliphatic heterocycles. The fourth-order valence-electron chi connectivity index (χ4n) is 5.20. The molecule has 3 aromatic carbocycles. The highest BCUT2D eigenvalue weighted by Crippen LogP contribution is 2.50. The third kappa shape index (κ3) is 2.65. The topological polar surface area (TPSA) is 3.88 Å². The van der Waals surface area contributed by atoms with Crippen LogP contribution in [0.5, 0.6) is 0 Å². The first-order valence-corrected chi connectivity index (χ1v) is 11.0. The molecule has 1 heteroatoms. The van der Waals surface area contributed by atoms with Gasteiger partial charge in [-0.3, -0.25) is 0 Å². The summed E-state index contributed by atoms with van der Waals surface area (Å²) in [5.74, 6) is 0.535. The van der Waals surface area contributed by atoms with Crippen LogP contribution in [0.4, 0.5) is 0 Å². The Bertz CT molecular complexity index is 1310. The van der Waals surface area contributed by atoms with E-state index in [0.717, 1.165) is 0 Å². The van der Waals surface area contributed by atoms with Crippen LogP contribution in [0.25, 0.3) is 33.2 Å². The summed E-state index contributed by atoms with van der Waals surface area (Å²) in [6.07, 6.45) is 2.20. The average Bonchev–Trinajstić information content (AvgIpc) is 2.94. The molecule has 1 heterocycles. The molecule has 0 amide bonds. The number of aromatic nitrogens is 1. The fourth-order valence-corrected chi connectivity index (χ4v) is 5.20. The van der Waals surface area contributed by atoms with Gasteiger partial charge in [0.1, 0.15) is 7.05 Å². The van der Waals surface area contributed by atoms with Crippen molar-refractivity contribution in [2.45, 2.75) is 46.0 Å². The Hall–Kier alpha value is -2.93. The Morgan fingerprint density at radius 2 is 1.57 bits per heavy atom. The van der Waals surface area contributed by atoms with Crippen molar-refractivity contribution in [3.8, 4) is 22.4 Å². The smallest absolute Gasteiger partial charge is 0.200 e. The molecule has 0 radical (unpaired) electrons. The third-order valence-electron chi connectivity index (χ3n) is 7.01. The van der Waals surface area contributed by atoms with Crippen LogP contribution in [0.15, 0.2) is 66.9 Å². The largest absolute Gasteiger partial charge is 0.220 e. The van der Waals surface area contributed by atoms with Gasteiger partial charge in [0, 0.05) is 11.5 Å². The van der Waals surface area contributed by atoms with Gasteiger partial charge in [0.2, 0.25) is 5.69 Å². The van der Waals surface area contributed by atoms with E-state index in [4.69, 9.17) is 0 Å². The monoisotopic (exact) mass is 392 g/mol. The van der Waals surface area contributed by atoms with E-state index in [1.807, 2.05) is 0 Å². The second-order valence-corrected chi connectivity index (χ2v) is 9.66. The van der Waals surface area contributed by atoms with E-state index in [2.05, 4.69) is 113 Å². The van der Waals surface area contributed by atoms with Crippen molar-refractivity contribution in [3.63, 3.8) is 0 Å². The van der Waals surface area contributed by atoms with Gasteiger partial charge in [0.15, 0.2) is 6.20 Å². The normalized spacial score (nSPS) is 14.2. The average molecular weight is 393 g/mol. The van der Waals surface area contributed by atoms with Crippen molar-refractivity contribution in [3.05, 3.63) is 89.1 Å². The van der Waals surface area contributed by atoms with Crippen LogP contribution in [-0.4, -0.2) is 0 Å². The fraction of sp³-hybridized carbons (Fsp3) is 0.276. The molecule has 0 N–H and O–H groups in total. The Kier molecular flexibility index (Phi) is 4.15. The maximum absolute atomic E-state index is 2.45. The summed E-state index contributed by atoms with van der Waals surface area (Å²) in [5.41, 5.74) is 11.0. The zero-order valence-corrected chi connectivity index (χ0v) is 18.9. The third-order valence-corrected chi connectivity index (χ3v) is 7.01. The van der Waals surface area contributed by atoms with E-state index in [-0.39, 0.29) is 5.41 Å². The molecule has 0 saturated carbocycles. The molecular weight excluding hydrogens is 362 g/mol. The van der Waals surface area contributed by atoms with Crippen molar-refractivity contribution in [2.24, 2.45) is 7.05 Å². The Balaban J connectivity index is 1.78. The molecule has 1 aliphatic rings. The minimum absolute atomic E-state index is 0.0162. The molecule has 0 bridgehead atoms. The van der Waals surface area contributed by atoms with E-state index < -0.39 is 0 Å². The summed E-state index contributed by atoms with van der Waals surface area (Å²) in [7, 11) is 2.16. The molecule has 0 unspecified atom stereocenters. The number of hydrogen-bond donors (Lipinski definition) is 0. The molecule has 0 saturated heterocycles. The molecule has 0 spiro atoms. The minimum atomic E-state index is 0.0162. The highest BCUT2D eigenvalue weighted by molar-refractivity contribution is 5.95. The summed E-state index contributed by atoms with van der Waals surface area (Å²) in [4.78, 5) is 0. The van der Waals surface area contributed by atoms with Crippen molar-refractivity contribution in [1.82, 2.24) is 0 Å². The van der Waals surface area contributed by atoms with E-state index >= 15 is 0 Å². The standard InChI is InChI=1S/C29H30N/c1-18(2)20-11-12-22-21(16-20)13-14-30(6)28(22)24-17-27-25(15-19(24)3)23-9-7-8-10-26(23)29(27,4)5/h7-18H,1-6H3/q+1. The van der Waals surface area contributed by atoms with Crippen molar-refractivity contribution in [2.75, 3.05) is 0 Å². The lowest BCUT2D eigenvalue weighted by Crippen LogP contribution is -2.31.